The van der Waals surface area contributed by atoms with Crippen LogP contribution in [-0.4, -0.2) is 11.9 Å². The summed E-state index contributed by atoms with van der Waals surface area (Å²) in [4.78, 5) is 25.0. The number of hydrogen-bond donors (Lipinski definition) is 0. The Morgan fingerprint density at radius 3 is 1.57 bits per heavy atom. The van der Waals surface area contributed by atoms with Crippen molar-refractivity contribution in [2.45, 2.75) is 78.1 Å². The fourth-order valence-corrected chi connectivity index (χ4v) is 3.91. The molecule has 0 atom stereocenters. The molecule has 4 heteroatoms. The smallest absolute Gasteiger partial charge is 0.311 e. The maximum Gasteiger partial charge on any atom is 0.311 e. The average molecular weight is 409 g/mol. The number of benzene rings is 2. The van der Waals surface area contributed by atoms with Gasteiger partial charge in [0.1, 0.15) is 11.5 Å². The van der Waals surface area contributed by atoms with Gasteiger partial charge in [0, 0.05) is 34.7 Å². The number of unbranched alkanes of at least 4 members (excludes halogenated alkanes) is 4. The first kappa shape index (κ1) is 22.1. The average Bonchev–Trinajstić information content (AvgIpc) is 2.76. The molecule has 1 aliphatic carbocycles. The maximum atomic E-state index is 12.5. The third kappa shape index (κ3) is 5.29. The predicted molar refractivity (Wildman–Crippen MR) is 120 cm³/mol. The maximum absolute atomic E-state index is 12.5. The first-order valence-electron chi connectivity index (χ1n) is 11.3. The minimum Gasteiger partial charge on any atom is -0.426 e. The zero-order valence-corrected chi connectivity index (χ0v) is 18.2. The lowest BCUT2D eigenvalue weighted by atomic mass is 9.90. The molecule has 160 valence electrons. The molecule has 4 nitrogen and oxygen atoms in total. The molecule has 0 N–H and O–H groups in total. The fourth-order valence-electron chi connectivity index (χ4n) is 3.91. The van der Waals surface area contributed by atoms with Gasteiger partial charge in [0.2, 0.25) is 0 Å². The molecule has 2 aromatic rings. The summed E-state index contributed by atoms with van der Waals surface area (Å²) in [5.74, 6) is 0.846. The van der Waals surface area contributed by atoms with Gasteiger partial charge in [-0.25, -0.2) is 0 Å². The lowest BCUT2D eigenvalue weighted by Gasteiger charge is -2.22. The highest BCUT2D eigenvalue weighted by Gasteiger charge is 2.24. The minimum absolute atomic E-state index is 0.199. The van der Waals surface area contributed by atoms with Crippen LogP contribution in [-0.2, 0) is 22.4 Å². The van der Waals surface area contributed by atoms with Crippen molar-refractivity contribution in [1.82, 2.24) is 0 Å². The number of carbonyl (C=O) groups is 2. The Balaban J connectivity index is 1.97. The third-order valence-corrected chi connectivity index (χ3v) is 5.54. The van der Waals surface area contributed by atoms with Gasteiger partial charge in [-0.1, -0.05) is 75.9 Å². The summed E-state index contributed by atoms with van der Waals surface area (Å²) in [5.41, 5.74) is 1.91. The summed E-state index contributed by atoms with van der Waals surface area (Å²) in [6.07, 6.45) is 12.2. The van der Waals surface area contributed by atoms with Crippen LogP contribution in [0.25, 0.3) is 10.8 Å². The summed E-state index contributed by atoms with van der Waals surface area (Å²) in [5, 5.41) is 1.65. The summed E-state index contributed by atoms with van der Waals surface area (Å²) >= 11 is 0. The lowest BCUT2D eigenvalue weighted by Crippen LogP contribution is -2.15. The number of fused-ring (bicyclic) bond motifs is 2. The van der Waals surface area contributed by atoms with Gasteiger partial charge in [-0.3, -0.25) is 9.59 Å². The summed E-state index contributed by atoms with van der Waals surface area (Å²) in [6, 6.07) is 7.73. The van der Waals surface area contributed by atoms with Gasteiger partial charge in [-0.05, 0) is 25.7 Å². The number of esters is 2. The van der Waals surface area contributed by atoms with E-state index in [4.69, 9.17) is 9.47 Å². The van der Waals surface area contributed by atoms with E-state index in [0.717, 1.165) is 60.4 Å². The van der Waals surface area contributed by atoms with Crippen molar-refractivity contribution in [1.29, 1.82) is 0 Å². The van der Waals surface area contributed by atoms with E-state index >= 15 is 0 Å². The number of rotatable bonds is 10. The van der Waals surface area contributed by atoms with Crippen LogP contribution < -0.4 is 9.47 Å². The third-order valence-electron chi connectivity index (χ3n) is 5.54. The van der Waals surface area contributed by atoms with Gasteiger partial charge in [-0.15, -0.1) is 0 Å². The molecule has 0 unspecified atom stereocenters. The van der Waals surface area contributed by atoms with Crippen LogP contribution in [0.2, 0.25) is 0 Å². The van der Waals surface area contributed by atoms with Crippen LogP contribution in [0.5, 0.6) is 11.5 Å². The monoisotopic (exact) mass is 408 g/mol. The highest BCUT2D eigenvalue weighted by molar-refractivity contribution is 5.99. The first-order chi connectivity index (χ1) is 14.7. The van der Waals surface area contributed by atoms with E-state index in [9.17, 15) is 9.59 Å². The van der Waals surface area contributed by atoms with Crippen LogP contribution in [0.3, 0.4) is 0 Å². The van der Waals surface area contributed by atoms with Crippen molar-refractivity contribution < 1.29 is 19.1 Å². The second kappa shape index (κ2) is 11.0. The molecule has 3 rings (SSSR count). The van der Waals surface area contributed by atoms with E-state index in [1.165, 1.54) is 0 Å². The van der Waals surface area contributed by atoms with Crippen molar-refractivity contribution in [3.8, 4) is 11.5 Å². The molecule has 0 heterocycles. The van der Waals surface area contributed by atoms with Crippen molar-refractivity contribution in [2.75, 3.05) is 0 Å². The van der Waals surface area contributed by atoms with Crippen LogP contribution in [0.1, 0.15) is 76.3 Å². The largest absolute Gasteiger partial charge is 0.426 e. The van der Waals surface area contributed by atoms with Gasteiger partial charge >= 0.3 is 11.9 Å². The quantitative estimate of drug-likeness (QED) is 0.196. The van der Waals surface area contributed by atoms with Crippen LogP contribution in [0.15, 0.2) is 36.4 Å². The van der Waals surface area contributed by atoms with Crippen LogP contribution in [0.4, 0.5) is 0 Å². The molecule has 0 fully saturated rings. The Hall–Kier alpha value is -2.62. The summed E-state index contributed by atoms with van der Waals surface area (Å²) in [6.45, 7) is 4.23. The molecule has 0 bridgehead atoms. The van der Waals surface area contributed by atoms with Gasteiger partial charge < -0.3 is 9.47 Å². The Labute approximate surface area is 179 Å². The highest BCUT2D eigenvalue weighted by Crippen LogP contribution is 2.43. The minimum atomic E-state index is -0.199. The molecule has 30 heavy (non-hydrogen) atoms. The van der Waals surface area contributed by atoms with Crippen molar-refractivity contribution in [3.05, 3.63) is 47.5 Å². The molecule has 0 radical (unpaired) electrons. The molecule has 2 aromatic carbocycles. The molecule has 0 saturated heterocycles. The Bertz CT molecular complexity index is 852. The van der Waals surface area contributed by atoms with E-state index in [1.807, 2.05) is 24.3 Å². The fraction of sp³-hybridized carbons (Fsp3) is 0.462. The van der Waals surface area contributed by atoms with Crippen molar-refractivity contribution >= 4 is 22.7 Å². The van der Waals surface area contributed by atoms with Gasteiger partial charge in [-0.2, -0.15) is 0 Å². The summed E-state index contributed by atoms with van der Waals surface area (Å²) in [7, 11) is 0. The predicted octanol–water partition coefficient (Wildman–Crippen LogP) is 6.47. The normalized spacial score (nSPS) is 12.6. The second-order valence-corrected chi connectivity index (χ2v) is 7.90. The zero-order chi connectivity index (χ0) is 21.3. The molecule has 0 spiro atoms. The molecule has 1 aliphatic rings. The van der Waals surface area contributed by atoms with E-state index in [-0.39, 0.29) is 11.9 Å². The zero-order valence-electron chi connectivity index (χ0n) is 18.2. The Morgan fingerprint density at radius 2 is 1.17 bits per heavy atom. The second-order valence-electron chi connectivity index (χ2n) is 7.90. The molecular formula is C26H32O4. The van der Waals surface area contributed by atoms with E-state index in [1.54, 1.807) is 0 Å². The van der Waals surface area contributed by atoms with Gasteiger partial charge in [0.05, 0.1) is 0 Å². The Kier molecular flexibility index (Phi) is 8.06. The van der Waals surface area contributed by atoms with Gasteiger partial charge in [0.15, 0.2) is 0 Å². The SMILES string of the molecule is CCCCCC(=O)Oc1c2c(c(OC(=O)CCCCC)c3ccccc13)CC=CC2. The Morgan fingerprint density at radius 1 is 0.733 bits per heavy atom. The van der Waals surface area contributed by atoms with Gasteiger partial charge in [0.25, 0.3) is 0 Å². The van der Waals surface area contributed by atoms with E-state index in [0.29, 0.717) is 37.2 Å². The topological polar surface area (TPSA) is 52.6 Å². The number of hydrogen-bond acceptors (Lipinski definition) is 4. The summed E-state index contributed by atoms with van der Waals surface area (Å²) < 4.78 is 11.8. The molecule has 0 aliphatic heterocycles. The standard InChI is InChI=1S/C26H32O4/c1-3-5-7-17-23(27)29-25-19-13-9-11-15-21(19)26(22-16-12-10-14-20(22)25)30-24(28)18-8-6-4-2/h9-13,15H,3-8,14,16-18H2,1-2H3. The first-order valence-corrected chi connectivity index (χ1v) is 11.3. The number of carbonyl (C=O) groups excluding carboxylic acids is 2. The highest BCUT2D eigenvalue weighted by atomic mass is 16.5. The van der Waals surface area contributed by atoms with E-state index in [2.05, 4.69) is 26.0 Å². The number of ether oxygens (including phenoxy) is 2. The molecule has 0 saturated carbocycles. The van der Waals surface area contributed by atoms with Crippen LogP contribution in [0, 0.1) is 0 Å². The number of allylic oxidation sites excluding steroid dienone is 2. The lowest BCUT2D eigenvalue weighted by molar-refractivity contribution is -0.135. The van der Waals surface area contributed by atoms with E-state index < -0.39 is 0 Å². The molecular weight excluding hydrogens is 376 g/mol. The van der Waals surface area contributed by atoms with Crippen molar-refractivity contribution in [3.63, 3.8) is 0 Å². The molecule has 0 aromatic heterocycles. The van der Waals surface area contributed by atoms with Crippen LogP contribution >= 0.6 is 0 Å². The van der Waals surface area contributed by atoms with Crippen molar-refractivity contribution in [2.24, 2.45) is 0 Å². The molecule has 0 amide bonds.